The van der Waals surface area contributed by atoms with E-state index < -0.39 is 25.4 Å². The summed E-state index contributed by atoms with van der Waals surface area (Å²) in [7, 11) is 3.55. The number of benzene rings is 1. The molecule has 0 N–H and O–H groups in total. The summed E-state index contributed by atoms with van der Waals surface area (Å²) < 4.78 is 33.3. The lowest BCUT2D eigenvalue weighted by atomic mass is 10.0. The Labute approximate surface area is 220 Å². The molecule has 1 aliphatic heterocycles. The van der Waals surface area contributed by atoms with E-state index in [0.29, 0.717) is 55.7 Å². The Hall–Kier alpha value is -3.76. The van der Waals surface area contributed by atoms with E-state index in [4.69, 9.17) is 4.74 Å². The second-order valence-electron chi connectivity index (χ2n) is 9.37. The average Bonchev–Trinajstić information content (AvgIpc) is 2.95. The van der Waals surface area contributed by atoms with Gasteiger partial charge >= 0.3 is 0 Å². The Kier molecular flexibility index (Phi) is 9.98. The smallest absolute Gasteiger partial charge is 0.262 e. The van der Waals surface area contributed by atoms with Gasteiger partial charge in [0.1, 0.15) is 19.1 Å². The van der Waals surface area contributed by atoms with Crippen LogP contribution in [0.2, 0.25) is 0 Å². The van der Waals surface area contributed by atoms with Gasteiger partial charge in [-0.3, -0.25) is 24.1 Å². The number of carbonyl (C=O) groups excluding carboxylic acids is 3. The predicted molar refractivity (Wildman–Crippen MR) is 139 cm³/mol. The zero-order chi connectivity index (χ0) is 27.8. The number of likely N-dealkylation sites (tertiary alicyclic amines) is 1. The molecule has 0 spiro atoms. The molecule has 2 aromatic rings. The number of anilines is 1. The van der Waals surface area contributed by atoms with Gasteiger partial charge in [-0.05, 0) is 37.5 Å². The van der Waals surface area contributed by atoms with Gasteiger partial charge in [-0.2, -0.15) is 0 Å². The van der Waals surface area contributed by atoms with Crippen LogP contribution in [0.25, 0.3) is 0 Å². The molecule has 1 fully saturated rings. The fourth-order valence-corrected chi connectivity index (χ4v) is 4.57. The van der Waals surface area contributed by atoms with Gasteiger partial charge in [0.05, 0.1) is 12.1 Å². The minimum absolute atomic E-state index is 0.0149. The van der Waals surface area contributed by atoms with E-state index in [9.17, 15) is 28.0 Å². The van der Waals surface area contributed by atoms with Gasteiger partial charge < -0.3 is 19.1 Å². The minimum atomic E-state index is -1.32. The lowest BCUT2D eigenvalue weighted by molar-refractivity contribution is -0.119. The quantitative estimate of drug-likeness (QED) is 0.390. The summed E-state index contributed by atoms with van der Waals surface area (Å²) in [6.45, 7) is 0.767. The number of piperidine rings is 1. The first-order valence-corrected chi connectivity index (χ1v) is 12.6. The number of nitrogens with zero attached hydrogens (tertiary/aromatic N) is 4. The lowest BCUT2D eigenvalue weighted by Gasteiger charge is -2.37. The summed E-state index contributed by atoms with van der Waals surface area (Å²) in [5.41, 5.74) is 1.52. The number of aromatic nitrogens is 1. The monoisotopic (exact) mass is 532 g/mol. The maximum absolute atomic E-state index is 13.7. The molecule has 38 heavy (non-hydrogen) atoms. The maximum atomic E-state index is 13.7. The van der Waals surface area contributed by atoms with Gasteiger partial charge in [-0.15, -0.1) is 0 Å². The number of halogens is 2. The number of rotatable bonds is 12. The van der Waals surface area contributed by atoms with Gasteiger partial charge in [0.2, 0.25) is 12.8 Å². The van der Waals surface area contributed by atoms with E-state index in [1.54, 1.807) is 28.8 Å². The zero-order valence-corrected chi connectivity index (χ0v) is 21.9. The van der Waals surface area contributed by atoms with Crippen LogP contribution in [0.1, 0.15) is 41.4 Å². The first-order valence-electron chi connectivity index (χ1n) is 12.6. The van der Waals surface area contributed by atoms with E-state index in [0.717, 1.165) is 11.3 Å². The van der Waals surface area contributed by atoms with Crippen molar-refractivity contribution >= 4 is 24.4 Å². The van der Waals surface area contributed by atoms with Crippen LogP contribution < -0.4 is 15.1 Å². The first kappa shape index (κ1) is 28.8. The van der Waals surface area contributed by atoms with Gasteiger partial charge in [0.15, 0.2) is 11.5 Å². The fraction of sp³-hybridized carbons (Fsp3) is 0.481. The van der Waals surface area contributed by atoms with Crippen molar-refractivity contribution in [3.8, 4) is 5.75 Å². The molecule has 1 saturated heterocycles. The molecule has 3 amide bonds. The van der Waals surface area contributed by atoms with E-state index >= 15 is 0 Å². The zero-order valence-electron chi connectivity index (χ0n) is 21.9. The number of carbonyl (C=O) groups is 3. The van der Waals surface area contributed by atoms with Gasteiger partial charge in [-0.25, -0.2) is 8.78 Å². The molecule has 0 aliphatic carbocycles. The maximum Gasteiger partial charge on any atom is 0.262 e. The Morgan fingerprint density at radius 2 is 1.87 bits per heavy atom. The van der Waals surface area contributed by atoms with Crippen LogP contribution in [0.15, 0.2) is 35.3 Å². The Balaban J connectivity index is 1.97. The number of pyridine rings is 1. The summed E-state index contributed by atoms with van der Waals surface area (Å²) in [5, 5.41) is 0. The molecule has 0 saturated carbocycles. The SMILES string of the molecule is CCc1cn(C)c(CN(C=O)C(=O)c2cc(OC(CF)CF)ccc2N(C)C2CCN(C=O)CC2)cc1=O. The van der Waals surface area contributed by atoms with Crippen molar-refractivity contribution < 1.29 is 27.9 Å². The standard InChI is InChI=1S/C27H34F2N4O5/c1-4-19-15-30(2)21(11-26(19)36)16-33(18-35)27(37)24-12-22(38-23(13-28)14-29)5-6-25(24)31(3)20-7-9-32(17-34)10-8-20/h5-6,11-12,15,17-18,20,23H,4,7-10,13-14,16H2,1-3H3. The highest BCUT2D eigenvalue weighted by atomic mass is 19.1. The Morgan fingerprint density at radius 3 is 2.45 bits per heavy atom. The van der Waals surface area contributed by atoms with Crippen molar-refractivity contribution in [2.24, 2.45) is 7.05 Å². The van der Waals surface area contributed by atoms with Crippen LogP contribution in [0.4, 0.5) is 14.5 Å². The van der Waals surface area contributed by atoms with E-state index in [-0.39, 0.29) is 29.3 Å². The molecule has 11 heteroatoms. The molecular weight excluding hydrogens is 498 g/mol. The van der Waals surface area contributed by atoms with Crippen molar-refractivity contribution in [3.05, 3.63) is 57.5 Å². The highest BCUT2D eigenvalue weighted by Gasteiger charge is 2.28. The summed E-state index contributed by atoms with van der Waals surface area (Å²) in [4.78, 5) is 53.8. The normalized spacial score (nSPS) is 13.9. The Bertz CT molecular complexity index is 1190. The van der Waals surface area contributed by atoms with E-state index in [2.05, 4.69) is 0 Å². The van der Waals surface area contributed by atoms with Crippen LogP contribution in [-0.4, -0.2) is 78.7 Å². The van der Waals surface area contributed by atoms with Crippen LogP contribution in [-0.2, 0) is 29.6 Å². The second-order valence-corrected chi connectivity index (χ2v) is 9.37. The molecule has 0 bridgehead atoms. The molecule has 3 rings (SSSR count). The van der Waals surface area contributed by atoms with Crippen LogP contribution in [0, 0.1) is 0 Å². The van der Waals surface area contributed by atoms with Gasteiger partial charge in [-0.1, -0.05) is 6.92 Å². The molecule has 9 nitrogen and oxygen atoms in total. The van der Waals surface area contributed by atoms with E-state index in [1.807, 2.05) is 18.9 Å². The summed E-state index contributed by atoms with van der Waals surface area (Å²) in [6, 6.07) is 5.95. The Morgan fingerprint density at radius 1 is 1.18 bits per heavy atom. The molecule has 1 aromatic carbocycles. The van der Waals surface area contributed by atoms with Crippen molar-refractivity contribution in [1.29, 1.82) is 0 Å². The number of amides is 3. The topological polar surface area (TPSA) is 92.2 Å². The highest BCUT2D eigenvalue weighted by molar-refractivity contribution is 6.04. The number of aryl methyl sites for hydroxylation is 2. The third-order valence-electron chi connectivity index (χ3n) is 6.94. The molecule has 0 unspecified atom stereocenters. The molecule has 0 atom stereocenters. The summed E-state index contributed by atoms with van der Waals surface area (Å²) in [6.07, 6.45) is 3.47. The number of ether oxygens (including phenoxy) is 1. The number of hydrogen-bond donors (Lipinski definition) is 0. The van der Waals surface area contributed by atoms with Crippen LogP contribution in [0.5, 0.6) is 5.75 Å². The third kappa shape index (κ3) is 6.56. The van der Waals surface area contributed by atoms with Crippen molar-refractivity contribution in [2.75, 3.05) is 38.4 Å². The van der Waals surface area contributed by atoms with E-state index in [1.165, 1.54) is 18.2 Å². The minimum Gasteiger partial charge on any atom is -0.485 e. The molecule has 2 heterocycles. The molecule has 1 aromatic heterocycles. The van der Waals surface area contributed by atoms with Crippen molar-refractivity contribution in [1.82, 2.24) is 14.4 Å². The first-order chi connectivity index (χ1) is 18.3. The molecule has 206 valence electrons. The van der Waals surface area contributed by atoms with Gasteiger partial charge in [0, 0.05) is 62.4 Å². The lowest BCUT2D eigenvalue weighted by Crippen LogP contribution is -2.43. The van der Waals surface area contributed by atoms with Crippen LogP contribution >= 0.6 is 0 Å². The largest absolute Gasteiger partial charge is 0.485 e. The third-order valence-corrected chi connectivity index (χ3v) is 6.94. The second kappa shape index (κ2) is 13.2. The summed E-state index contributed by atoms with van der Waals surface area (Å²) in [5.74, 6) is -0.561. The van der Waals surface area contributed by atoms with Crippen LogP contribution in [0.3, 0.4) is 0 Å². The summed E-state index contributed by atoms with van der Waals surface area (Å²) >= 11 is 0. The van der Waals surface area contributed by atoms with Crippen molar-refractivity contribution in [3.63, 3.8) is 0 Å². The average molecular weight is 533 g/mol. The number of imide groups is 1. The number of hydrogen-bond acceptors (Lipinski definition) is 6. The molecular formula is C27H34F2N4O5. The molecule has 0 radical (unpaired) electrons. The predicted octanol–water partition coefficient (Wildman–Crippen LogP) is 2.49. The fourth-order valence-electron chi connectivity index (χ4n) is 4.57. The highest BCUT2D eigenvalue weighted by Crippen LogP contribution is 2.30. The van der Waals surface area contributed by atoms with Gasteiger partial charge in [0.25, 0.3) is 5.91 Å². The molecule has 1 aliphatic rings. The van der Waals surface area contributed by atoms with Crippen molar-refractivity contribution in [2.45, 2.75) is 44.9 Å². The number of alkyl halides is 2.